The average molecular weight is 471 g/mol. The number of esters is 1. The van der Waals surface area contributed by atoms with Crippen molar-refractivity contribution in [2.45, 2.75) is 19.9 Å². The van der Waals surface area contributed by atoms with Gasteiger partial charge in [0.1, 0.15) is 15.6 Å². The molecule has 3 rings (SSSR count). The number of aromatic nitrogens is 1. The first-order chi connectivity index (χ1) is 15.9. The highest BCUT2D eigenvalue weighted by Gasteiger charge is 2.20. The monoisotopic (exact) mass is 470 g/mol. The number of hydrogen-bond acceptors (Lipinski definition) is 8. The Hall–Kier alpha value is -3.59. The number of aryl methyl sites for hydroxylation is 1. The molecule has 1 atom stereocenters. The molecule has 1 aromatic heterocycles. The van der Waals surface area contributed by atoms with Crippen LogP contribution in [0.2, 0.25) is 0 Å². The van der Waals surface area contributed by atoms with Gasteiger partial charge in [-0.2, -0.15) is 0 Å². The van der Waals surface area contributed by atoms with Gasteiger partial charge >= 0.3 is 5.97 Å². The van der Waals surface area contributed by atoms with Crippen LogP contribution in [0.15, 0.2) is 42.5 Å². The largest absolute Gasteiger partial charge is 0.496 e. The lowest BCUT2D eigenvalue weighted by Crippen LogP contribution is -2.31. The maximum atomic E-state index is 12.6. The highest BCUT2D eigenvalue weighted by atomic mass is 32.1. The Labute approximate surface area is 196 Å². The molecule has 1 N–H and O–H groups in total. The molecule has 174 valence electrons. The van der Waals surface area contributed by atoms with Crippen LogP contribution in [0.3, 0.4) is 0 Å². The van der Waals surface area contributed by atoms with E-state index in [1.807, 2.05) is 37.3 Å². The van der Waals surface area contributed by atoms with Gasteiger partial charge in [-0.05, 0) is 38.1 Å². The number of thiazole rings is 1. The summed E-state index contributed by atoms with van der Waals surface area (Å²) in [5.41, 5.74) is 2.14. The molecule has 0 bridgehead atoms. The van der Waals surface area contributed by atoms with E-state index in [4.69, 9.17) is 18.9 Å². The van der Waals surface area contributed by atoms with E-state index in [1.54, 1.807) is 40.4 Å². The Balaban J connectivity index is 1.64. The number of rotatable bonds is 9. The Morgan fingerprint density at radius 2 is 1.70 bits per heavy atom. The number of amides is 1. The number of para-hydroxylation sites is 1. The third kappa shape index (κ3) is 5.61. The van der Waals surface area contributed by atoms with Gasteiger partial charge in [0.2, 0.25) is 0 Å². The first-order valence-electron chi connectivity index (χ1n) is 10.2. The fourth-order valence-corrected chi connectivity index (χ4v) is 4.22. The Morgan fingerprint density at radius 1 is 1.00 bits per heavy atom. The minimum Gasteiger partial charge on any atom is -0.496 e. The molecular weight excluding hydrogens is 444 g/mol. The molecule has 3 aromatic rings. The van der Waals surface area contributed by atoms with Crippen LogP contribution in [-0.2, 0) is 9.53 Å². The second-order valence-corrected chi connectivity index (χ2v) is 8.11. The predicted octanol–water partition coefficient (Wildman–Crippen LogP) is 4.18. The topological polar surface area (TPSA) is 96.0 Å². The lowest BCUT2D eigenvalue weighted by molar-refractivity contribution is -0.124. The quantitative estimate of drug-likeness (QED) is 0.469. The standard InChI is InChI=1S/C24H26N2O6S/c1-14(17-8-6-7-9-18(17)29-3)25-21(27)13-32-24(28)22-15(2)26-23(33-22)16-10-11-19(30-4)20(12-16)31-5/h6-12,14H,13H2,1-5H3,(H,25,27). The second kappa shape index (κ2) is 10.8. The molecule has 9 heteroatoms. The fraction of sp³-hybridized carbons (Fsp3) is 0.292. The maximum absolute atomic E-state index is 12.6. The summed E-state index contributed by atoms with van der Waals surface area (Å²) in [6.45, 7) is 3.16. The van der Waals surface area contributed by atoms with E-state index in [0.29, 0.717) is 32.8 Å². The molecule has 8 nitrogen and oxygen atoms in total. The van der Waals surface area contributed by atoms with E-state index in [2.05, 4.69) is 10.3 Å². The Morgan fingerprint density at radius 3 is 2.39 bits per heavy atom. The van der Waals surface area contributed by atoms with Crippen LogP contribution in [0.1, 0.15) is 33.9 Å². The van der Waals surface area contributed by atoms with E-state index in [1.165, 1.54) is 11.3 Å². The smallest absolute Gasteiger partial charge is 0.350 e. The van der Waals surface area contributed by atoms with Crippen molar-refractivity contribution in [3.05, 3.63) is 58.6 Å². The molecule has 0 radical (unpaired) electrons. The van der Waals surface area contributed by atoms with Crippen molar-refractivity contribution in [3.8, 4) is 27.8 Å². The normalized spacial score (nSPS) is 11.4. The van der Waals surface area contributed by atoms with Crippen LogP contribution >= 0.6 is 11.3 Å². The van der Waals surface area contributed by atoms with E-state index >= 15 is 0 Å². The first kappa shape index (κ1) is 24.1. The Kier molecular flexibility index (Phi) is 7.89. The van der Waals surface area contributed by atoms with Crippen LogP contribution in [0, 0.1) is 6.92 Å². The number of nitrogens with zero attached hydrogens (tertiary/aromatic N) is 1. The van der Waals surface area contributed by atoms with Crippen molar-refractivity contribution in [2.24, 2.45) is 0 Å². The lowest BCUT2D eigenvalue weighted by Gasteiger charge is -2.17. The van der Waals surface area contributed by atoms with Crippen molar-refractivity contribution >= 4 is 23.2 Å². The SMILES string of the molecule is COc1ccc(-c2nc(C)c(C(=O)OCC(=O)NC(C)c3ccccc3OC)s2)cc1OC. The summed E-state index contributed by atoms with van der Waals surface area (Å²) in [7, 11) is 4.69. The number of benzene rings is 2. The van der Waals surface area contributed by atoms with Crippen molar-refractivity contribution in [1.29, 1.82) is 0 Å². The average Bonchev–Trinajstić information content (AvgIpc) is 3.23. The molecule has 0 aliphatic carbocycles. The number of carbonyl (C=O) groups excluding carboxylic acids is 2. The summed E-state index contributed by atoms with van der Waals surface area (Å²) in [6.07, 6.45) is 0. The van der Waals surface area contributed by atoms with Crippen LogP contribution < -0.4 is 19.5 Å². The van der Waals surface area contributed by atoms with Crippen molar-refractivity contribution in [1.82, 2.24) is 10.3 Å². The van der Waals surface area contributed by atoms with Crippen molar-refractivity contribution < 1.29 is 28.5 Å². The zero-order chi connectivity index (χ0) is 24.0. The molecule has 33 heavy (non-hydrogen) atoms. The molecule has 0 spiro atoms. The molecule has 0 saturated carbocycles. The Bertz CT molecular complexity index is 1140. The first-order valence-corrected chi connectivity index (χ1v) is 11.0. The van der Waals surface area contributed by atoms with E-state index in [0.717, 1.165) is 11.1 Å². The van der Waals surface area contributed by atoms with Crippen molar-refractivity contribution in [2.75, 3.05) is 27.9 Å². The lowest BCUT2D eigenvalue weighted by atomic mass is 10.1. The highest BCUT2D eigenvalue weighted by Crippen LogP contribution is 2.35. The second-order valence-electron chi connectivity index (χ2n) is 7.11. The number of nitrogens with one attached hydrogen (secondary N) is 1. The van der Waals surface area contributed by atoms with Crippen LogP contribution in [-0.4, -0.2) is 44.8 Å². The zero-order valence-electron chi connectivity index (χ0n) is 19.1. The van der Waals surface area contributed by atoms with Gasteiger partial charge in [-0.25, -0.2) is 9.78 Å². The third-order valence-corrected chi connectivity index (χ3v) is 6.12. The third-order valence-electron chi connectivity index (χ3n) is 4.93. The van der Waals surface area contributed by atoms with Gasteiger partial charge in [0, 0.05) is 11.1 Å². The van der Waals surface area contributed by atoms with Gasteiger partial charge in [0.05, 0.1) is 33.1 Å². The minimum absolute atomic E-state index is 0.311. The highest BCUT2D eigenvalue weighted by molar-refractivity contribution is 7.17. The molecule has 1 unspecified atom stereocenters. The minimum atomic E-state index is -0.600. The number of ether oxygens (including phenoxy) is 4. The van der Waals surface area contributed by atoms with Gasteiger partial charge in [0.25, 0.3) is 5.91 Å². The molecule has 0 saturated heterocycles. The summed E-state index contributed by atoms with van der Waals surface area (Å²) in [5, 5.41) is 3.45. The van der Waals surface area contributed by atoms with Gasteiger partial charge in [-0.15, -0.1) is 11.3 Å². The number of hydrogen-bond donors (Lipinski definition) is 1. The van der Waals surface area contributed by atoms with Crippen LogP contribution in [0.4, 0.5) is 0 Å². The summed E-state index contributed by atoms with van der Waals surface area (Å²) in [5.74, 6) is 0.821. The maximum Gasteiger partial charge on any atom is 0.350 e. The fourth-order valence-electron chi connectivity index (χ4n) is 3.26. The van der Waals surface area contributed by atoms with Crippen LogP contribution in [0.25, 0.3) is 10.6 Å². The molecule has 0 aliphatic rings. The van der Waals surface area contributed by atoms with E-state index < -0.39 is 18.5 Å². The van der Waals surface area contributed by atoms with Gasteiger partial charge in [0.15, 0.2) is 18.1 Å². The van der Waals surface area contributed by atoms with Crippen molar-refractivity contribution in [3.63, 3.8) is 0 Å². The molecular formula is C24H26N2O6S. The molecule has 1 heterocycles. The van der Waals surface area contributed by atoms with E-state index in [-0.39, 0.29) is 6.04 Å². The number of carbonyl (C=O) groups is 2. The summed E-state index contributed by atoms with van der Waals surface area (Å²) in [6, 6.07) is 12.5. The van der Waals surface area contributed by atoms with Gasteiger partial charge in [-0.3, -0.25) is 4.79 Å². The van der Waals surface area contributed by atoms with Gasteiger partial charge < -0.3 is 24.3 Å². The van der Waals surface area contributed by atoms with Gasteiger partial charge in [-0.1, -0.05) is 18.2 Å². The summed E-state index contributed by atoms with van der Waals surface area (Å²) < 4.78 is 21.2. The van der Waals surface area contributed by atoms with Crippen LogP contribution in [0.5, 0.6) is 17.2 Å². The van der Waals surface area contributed by atoms with E-state index in [9.17, 15) is 9.59 Å². The predicted molar refractivity (Wildman–Crippen MR) is 125 cm³/mol. The molecule has 0 fully saturated rings. The molecule has 0 aliphatic heterocycles. The summed E-state index contributed by atoms with van der Waals surface area (Å²) in [4.78, 5) is 29.7. The molecule has 2 aromatic carbocycles. The zero-order valence-corrected chi connectivity index (χ0v) is 19.9. The number of methoxy groups -OCH3 is 3. The summed E-state index contributed by atoms with van der Waals surface area (Å²) >= 11 is 1.19. The molecule has 1 amide bonds.